The maximum absolute atomic E-state index is 11.4. The van der Waals surface area contributed by atoms with E-state index < -0.39 is 0 Å². The van der Waals surface area contributed by atoms with E-state index in [1.807, 2.05) is 6.07 Å². The average molecular weight is 190 g/mol. The van der Waals surface area contributed by atoms with E-state index in [0.29, 0.717) is 0 Å². The van der Waals surface area contributed by atoms with Crippen LogP contribution < -0.4 is 0 Å². The summed E-state index contributed by atoms with van der Waals surface area (Å²) in [7, 11) is 1.46. The fraction of sp³-hybridized carbons (Fsp3) is 0.417. The third kappa shape index (κ3) is 1.65. The van der Waals surface area contributed by atoms with Gasteiger partial charge in [-0.15, -0.1) is 0 Å². The zero-order valence-corrected chi connectivity index (χ0v) is 8.32. The van der Waals surface area contributed by atoms with Crippen LogP contribution in [0.4, 0.5) is 0 Å². The van der Waals surface area contributed by atoms with Gasteiger partial charge in [-0.2, -0.15) is 0 Å². The normalized spacial score (nSPS) is 19.9. The van der Waals surface area contributed by atoms with Gasteiger partial charge in [0.05, 0.1) is 13.0 Å². The minimum absolute atomic E-state index is 0.0647. The van der Waals surface area contributed by atoms with E-state index in [1.165, 1.54) is 18.2 Å². The van der Waals surface area contributed by atoms with Crippen molar-refractivity contribution in [3.05, 3.63) is 35.4 Å². The fourth-order valence-electron chi connectivity index (χ4n) is 2.07. The Morgan fingerprint density at radius 2 is 2.07 bits per heavy atom. The molecular formula is C12H14O2. The van der Waals surface area contributed by atoms with E-state index >= 15 is 0 Å². The second kappa shape index (κ2) is 3.82. The van der Waals surface area contributed by atoms with E-state index in [-0.39, 0.29) is 11.9 Å². The lowest BCUT2D eigenvalue weighted by Gasteiger charge is -2.22. The molecule has 0 N–H and O–H groups in total. The lowest BCUT2D eigenvalue weighted by atomic mass is 9.84. The Balaban J connectivity index is 2.17. The molecule has 0 amide bonds. The van der Waals surface area contributed by atoms with Crippen molar-refractivity contribution in [2.45, 2.75) is 19.3 Å². The van der Waals surface area contributed by atoms with Crippen LogP contribution in [0.2, 0.25) is 0 Å². The summed E-state index contributed by atoms with van der Waals surface area (Å²) in [5.74, 6) is -0.00518. The molecule has 0 heterocycles. The smallest absolute Gasteiger partial charge is 0.309 e. The van der Waals surface area contributed by atoms with Crippen molar-refractivity contribution in [1.82, 2.24) is 0 Å². The molecule has 0 saturated carbocycles. The van der Waals surface area contributed by atoms with Crippen LogP contribution >= 0.6 is 0 Å². The Morgan fingerprint density at radius 1 is 1.36 bits per heavy atom. The van der Waals surface area contributed by atoms with Crippen LogP contribution in [0.1, 0.15) is 17.5 Å². The molecule has 1 unspecified atom stereocenters. The number of ether oxygens (including phenoxy) is 1. The molecule has 2 rings (SSSR count). The van der Waals surface area contributed by atoms with Gasteiger partial charge in [-0.1, -0.05) is 24.3 Å². The Labute approximate surface area is 83.9 Å². The third-order valence-electron chi connectivity index (χ3n) is 2.88. The molecule has 0 aliphatic heterocycles. The van der Waals surface area contributed by atoms with Gasteiger partial charge in [0.2, 0.25) is 0 Å². The summed E-state index contributed by atoms with van der Waals surface area (Å²) < 4.78 is 4.77. The number of fused-ring (bicyclic) bond motifs is 1. The van der Waals surface area contributed by atoms with Gasteiger partial charge in [-0.3, -0.25) is 4.79 Å². The maximum Gasteiger partial charge on any atom is 0.309 e. The van der Waals surface area contributed by atoms with Crippen LogP contribution in [0.3, 0.4) is 0 Å². The lowest BCUT2D eigenvalue weighted by Crippen LogP contribution is -2.23. The number of rotatable bonds is 1. The van der Waals surface area contributed by atoms with E-state index in [4.69, 9.17) is 4.74 Å². The molecule has 0 spiro atoms. The van der Waals surface area contributed by atoms with Gasteiger partial charge in [0.25, 0.3) is 0 Å². The monoisotopic (exact) mass is 190 g/mol. The van der Waals surface area contributed by atoms with Crippen molar-refractivity contribution in [1.29, 1.82) is 0 Å². The van der Waals surface area contributed by atoms with Gasteiger partial charge in [-0.05, 0) is 30.4 Å². The van der Waals surface area contributed by atoms with Crippen molar-refractivity contribution in [3.8, 4) is 0 Å². The zero-order chi connectivity index (χ0) is 9.97. The summed E-state index contributed by atoms with van der Waals surface area (Å²) in [4.78, 5) is 11.4. The largest absolute Gasteiger partial charge is 0.469 e. The predicted molar refractivity (Wildman–Crippen MR) is 54.0 cm³/mol. The minimum atomic E-state index is -0.0699. The van der Waals surface area contributed by atoms with E-state index in [0.717, 1.165) is 19.3 Å². The van der Waals surface area contributed by atoms with Crippen LogP contribution in [-0.2, 0) is 22.4 Å². The van der Waals surface area contributed by atoms with Crippen LogP contribution in [0.5, 0.6) is 0 Å². The van der Waals surface area contributed by atoms with Gasteiger partial charge in [0, 0.05) is 0 Å². The summed E-state index contributed by atoms with van der Waals surface area (Å²) in [6.45, 7) is 0. The molecule has 2 heteroatoms. The molecule has 1 aliphatic carbocycles. The van der Waals surface area contributed by atoms with Gasteiger partial charge < -0.3 is 4.74 Å². The Hall–Kier alpha value is -1.31. The molecule has 14 heavy (non-hydrogen) atoms. The van der Waals surface area contributed by atoms with E-state index in [9.17, 15) is 4.79 Å². The number of esters is 1. The van der Waals surface area contributed by atoms with Crippen LogP contribution in [-0.4, -0.2) is 13.1 Å². The van der Waals surface area contributed by atoms with Crippen molar-refractivity contribution >= 4 is 5.97 Å². The molecule has 0 fully saturated rings. The first kappa shape index (κ1) is 9.25. The van der Waals surface area contributed by atoms with Crippen molar-refractivity contribution < 1.29 is 9.53 Å². The van der Waals surface area contributed by atoms with Crippen LogP contribution in [0.15, 0.2) is 24.3 Å². The summed E-state index contributed by atoms with van der Waals surface area (Å²) in [5.41, 5.74) is 2.68. The first-order valence-corrected chi connectivity index (χ1v) is 4.96. The average Bonchev–Trinajstić information content (AvgIpc) is 2.27. The summed E-state index contributed by atoms with van der Waals surface area (Å²) in [5, 5.41) is 0. The highest BCUT2D eigenvalue weighted by Gasteiger charge is 2.24. The Kier molecular flexibility index (Phi) is 2.53. The highest BCUT2D eigenvalue weighted by Crippen LogP contribution is 2.25. The van der Waals surface area contributed by atoms with Crippen LogP contribution in [0, 0.1) is 5.92 Å². The van der Waals surface area contributed by atoms with Gasteiger partial charge in [0.1, 0.15) is 0 Å². The second-order valence-electron chi connectivity index (χ2n) is 3.73. The fourth-order valence-corrected chi connectivity index (χ4v) is 2.07. The molecule has 0 bridgehead atoms. The van der Waals surface area contributed by atoms with Gasteiger partial charge >= 0.3 is 5.97 Å². The summed E-state index contributed by atoms with van der Waals surface area (Å²) in [6.07, 6.45) is 2.75. The molecule has 2 nitrogen and oxygen atoms in total. The SMILES string of the molecule is COC(=O)C1CCc2ccccc2C1. The summed E-state index contributed by atoms with van der Waals surface area (Å²) in [6, 6.07) is 8.32. The maximum atomic E-state index is 11.4. The molecule has 0 radical (unpaired) electrons. The number of hydrogen-bond donors (Lipinski definition) is 0. The highest BCUT2D eigenvalue weighted by atomic mass is 16.5. The number of hydrogen-bond acceptors (Lipinski definition) is 2. The van der Waals surface area contributed by atoms with Crippen LogP contribution in [0.25, 0.3) is 0 Å². The van der Waals surface area contributed by atoms with Crippen molar-refractivity contribution in [2.24, 2.45) is 5.92 Å². The van der Waals surface area contributed by atoms with Gasteiger partial charge in [-0.25, -0.2) is 0 Å². The third-order valence-corrected chi connectivity index (χ3v) is 2.88. The highest BCUT2D eigenvalue weighted by molar-refractivity contribution is 5.73. The molecule has 1 aromatic carbocycles. The number of methoxy groups -OCH3 is 1. The summed E-state index contributed by atoms with van der Waals surface area (Å²) >= 11 is 0. The first-order chi connectivity index (χ1) is 6.81. The first-order valence-electron chi connectivity index (χ1n) is 4.96. The standard InChI is InChI=1S/C12H14O2/c1-14-12(13)11-7-6-9-4-2-3-5-10(9)8-11/h2-5,11H,6-8H2,1H3. The Bertz CT molecular complexity index is 344. The number of carbonyl (C=O) groups excluding carboxylic acids is 1. The van der Waals surface area contributed by atoms with E-state index in [1.54, 1.807) is 0 Å². The second-order valence-corrected chi connectivity index (χ2v) is 3.73. The molecule has 1 atom stereocenters. The molecule has 74 valence electrons. The molecule has 1 aromatic rings. The lowest BCUT2D eigenvalue weighted by molar-refractivity contribution is -0.145. The molecule has 1 aliphatic rings. The molecular weight excluding hydrogens is 176 g/mol. The van der Waals surface area contributed by atoms with Crippen molar-refractivity contribution in [3.63, 3.8) is 0 Å². The zero-order valence-electron chi connectivity index (χ0n) is 8.32. The number of benzene rings is 1. The van der Waals surface area contributed by atoms with Gasteiger partial charge in [0.15, 0.2) is 0 Å². The quantitative estimate of drug-likeness (QED) is 0.633. The number of carbonyl (C=O) groups is 1. The number of aryl methyl sites for hydroxylation is 1. The van der Waals surface area contributed by atoms with E-state index in [2.05, 4.69) is 18.2 Å². The topological polar surface area (TPSA) is 26.3 Å². The Morgan fingerprint density at radius 3 is 2.79 bits per heavy atom. The minimum Gasteiger partial charge on any atom is -0.469 e. The van der Waals surface area contributed by atoms with Crippen molar-refractivity contribution in [2.75, 3.05) is 7.11 Å². The predicted octanol–water partition coefficient (Wildman–Crippen LogP) is 1.96. The molecule has 0 aromatic heterocycles. The molecule has 0 saturated heterocycles.